The summed E-state index contributed by atoms with van der Waals surface area (Å²) >= 11 is 0. The van der Waals surface area contributed by atoms with Gasteiger partial charge in [-0.1, -0.05) is 0 Å². The first-order valence-corrected chi connectivity index (χ1v) is 6.41. The molecule has 0 aliphatic rings. The van der Waals surface area contributed by atoms with E-state index in [-0.39, 0.29) is 12.1 Å². The Morgan fingerprint density at radius 3 is 2.43 bits per heavy atom. The first-order chi connectivity index (χ1) is 9.65. The molecular formula is C14H18F3N3O. The zero-order valence-electron chi connectivity index (χ0n) is 12.1. The number of allylic oxidation sites excluding steroid dienone is 1. The van der Waals surface area contributed by atoms with E-state index in [9.17, 15) is 18.0 Å². The summed E-state index contributed by atoms with van der Waals surface area (Å²) in [5.41, 5.74) is 2.58. The maximum atomic E-state index is 11.9. The molecule has 2 N–H and O–H groups in total. The van der Waals surface area contributed by atoms with Gasteiger partial charge in [0.2, 0.25) is 5.91 Å². The molecule has 1 heterocycles. The van der Waals surface area contributed by atoms with Crippen molar-refractivity contribution < 1.29 is 18.0 Å². The Bertz CT molecular complexity index is 506. The van der Waals surface area contributed by atoms with E-state index in [4.69, 9.17) is 0 Å². The Kier molecular flexibility index (Phi) is 5.75. The van der Waals surface area contributed by atoms with Gasteiger partial charge in [-0.15, -0.1) is 0 Å². The quantitative estimate of drug-likeness (QED) is 0.822. The van der Waals surface area contributed by atoms with Crippen molar-refractivity contribution in [2.24, 2.45) is 0 Å². The van der Waals surface area contributed by atoms with Crippen LogP contribution in [0.4, 0.5) is 18.9 Å². The molecule has 1 amide bonds. The first kappa shape index (κ1) is 17.0. The number of nitrogens with one attached hydrogen (secondary N) is 2. The molecule has 1 aromatic heterocycles. The van der Waals surface area contributed by atoms with Crippen molar-refractivity contribution in [3.05, 3.63) is 35.7 Å². The van der Waals surface area contributed by atoms with E-state index in [2.05, 4.69) is 15.6 Å². The Morgan fingerprint density at radius 1 is 1.33 bits per heavy atom. The van der Waals surface area contributed by atoms with Crippen molar-refractivity contribution in [1.29, 1.82) is 0 Å². The molecule has 116 valence electrons. The summed E-state index contributed by atoms with van der Waals surface area (Å²) in [6, 6.07) is 3.39. The largest absolute Gasteiger partial charge is 0.409 e. The molecule has 21 heavy (non-hydrogen) atoms. The van der Waals surface area contributed by atoms with Gasteiger partial charge < -0.3 is 10.6 Å². The summed E-state index contributed by atoms with van der Waals surface area (Å²) in [5.74, 6) is -0.774. The number of anilines is 1. The minimum atomic E-state index is -4.48. The van der Waals surface area contributed by atoms with Gasteiger partial charge in [-0.3, -0.25) is 9.78 Å². The predicted octanol–water partition coefficient (Wildman–Crippen LogP) is 2.73. The normalized spacial score (nSPS) is 13.2. The third-order valence-electron chi connectivity index (χ3n) is 2.51. The fourth-order valence-electron chi connectivity index (χ4n) is 1.72. The van der Waals surface area contributed by atoms with Gasteiger partial charge >= 0.3 is 6.18 Å². The van der Waals surface area contributed by atoms with Crippen molar-refractivity contribution in [3.63, 3.8) is 0 Å². The second kappa shape index (κ2) is 7.10. The predicted molar refractivity (Wildman–Crippen MR) is 75.0 cm³/mol. The maximum absolute atomic E-state index is 11.9. The van der Waals surface area contributed by atoms with E-state index in [0.717, 1.165) is 17.1 Å². The molecule has 1 aromatic rings. The number of amides is 1. The highest BCUT2D eigenvalue weighted by atomic mass is 19.4. The zero-order chi connectivity index (χ0) is 16.0. The minimum Gasteiger partial charge on any atom is -0.383 e. The number of aromatic nitrogens is 1. The van der Waals surface area contributed by atoms with Crippen LogP contribution in [0, 0.1) is 13.8 Å². The van der Waals surface area contributed by atoms with Gasteiger partial charge in [-0.05, 0) is 32.9 Å². The molecule has 0 aliphatic carbocycles. The van der Waals surface area contributed by atoms with Gasteiger partial charge in [-0.25, -0.2) is 0 Å². The molecule has 1 rings (SSSR count). The molecule has 4 nitrogen and oxygen atoms in total. The summed E-state index contributed by atoms with van der Waals surface area (Å²) in [6.45, 7) is 5.83. The number of hydrogen-bond donors (Lipinski definition) is 2. The van der Waals surface area contributed by atoms with Gasteiger partial charge in [0.1, 0.15) is 0 Å². The van der Waals surface area contributed by atoms with Gasteiger partial charge in [0.05, 0.1) is 0 Å². The monoisotopic (exact) mass is 301 g/mol. The van der Waals surface area contributed by atoms with E-state index >= 15 is 0 Å². The van der Waals surface area contributed by atoms with Crippen LogP contribution in [0.5, 0.6) is 0 Å². The lowest BCUT2D eigenvalue weighted by Gasteiger charge is -2.15. The van der Waals surface area contributed by atoms with Gasteiger partial charge in [0.25, 0.3) is 0 Å². The van der Waals surface area contributed by atoms with Crippen LogP contribution in [0.15, 0.2) is 24.3 Å². The molecular weight excluding hydrogens is 283 g/mol. The molecule has 0 aromatic carbocycles. The number of aryl methyl sites for hydroxylation is 2. The molecule has 7 heteroatoms. The summed E-state index contributed by atoms with van der Waals surface area (Å²) in [5, 5.41) is 5.55. The molecule has 0 radical (unpaired) electrons. The molecule has 0 aliphatic heterocycles. The Hall–Kier alpha value is -2.05. The van der Waals surface area contributed by atoms with E-state index < -0.39 is 12.1 Å². The van der Waals surface area contributed by atoms with Crippen LogP contribution in [0.2, 0.25) is 0 Å². The van der Waals surface area contributed by atoms with Crippen molar-refractivity contribution in [1.82, 2.24) is 10.3 Å². The lowest BCUT2D eigenvalue weighted by molar-refractivity contribution is -0.117. The Morgan fingerprint density at radius 2 is 1.90 bits per heavy atom. The highest BCUT2D eigenvalue weighted by Gasteiger charge is 2.22. The lowest BCUT2D eigenvalue weighted by atomic mass is 10.2. The second-order valence-electron chi connectivity index (χ2n) is 4.80. The average molecular weight is 301 g/mol. The van der Waals surface area contributed by atoms with Crippen molar-refractivity contribution in [2.45, 2.75) is 33.0 Å². The van der Waals surface area contributed by atoms with E-state index in [1.54, 1.807) is 6.92 Å². The van der Waals surface area contributed by atoms with E-state index in [1.807, 2.05) is 26.0 Å². The van der Waals surface area contributed by atoms with E-state index in [0.29, 0.717) is 12.6 Å². The first-order valence-electron chi connectivity index (χ1n) is 6.41. The number of carbonyl (C=O) groups excluding carboxylic acids is 1. The fourth-order valence-corrected chi connectivity index (χ4v) is 1.72. The number of nitrogens with zero attached hydrogens (tertiary/aromatic N) is 1. The van der Waals surface area contributed by atoms with Crippen LogP contribution in [0.25, 0.3) is 0 Å². The van der Waals surface area contributed by atoms with Gasteiger partial charge in [0, 0.05) is 41.8 Å². The molecule has 1 atom stereocenters. The average Bonchev–Trinajstić information content (AvgIpc) is 2.32. The maximum Gasteiger partial charge on any atom is 0.409 e. The van der Waals surface area contributed by atoms with Crippen LogP contribution in [-0.4, -0.2) is 29.7 Å². The summed E-state index contributed by atoms with van der Waals surface area (Å²) in [6.07, 6.45) is -4.08. The smallest absolute Gasteiger partial charge is 0.383 e. The molecule has 0 spiro atoms. The zero-order valence-corrected chi connectivity index (χ0v) is 12.1. The van der Waals surface area contributed by atoms with Crippen LogP contribution < -0.4 is 10.6 Å². The minimum absolute atomic E-state index is 0.0853. The highest BCUT2D eigenvalue weighted by molar-refractivity contribution is 5.87. The van der Waals surface area contributed by atoms with Crippen molar-refractivity contribution in [2.75, 3.05) is 11.9 Å². The SMILES string of the molecule is Cc1cc(NCC(C)NC(=O)/C=C/C(F)(F)F)cc(C)n1. The standard InChI is InChI=1S/C14H18F3N3O/c1-9-6-12(7-10(2)19-9)18-8-11(3)20-13(21)4-5-14(15,16)17/h4-7,11H,8H2,1-3H3,(H,18,19)(H,20,21)/b5-4+. The molecule has 0 fully saturated rings. The topological polar surface area (TPSA) is 54.0 Å². The third kappa shape index (κ3) is 7.34. The van der Waals surface area contributed by atoms with Crippen LogP contribution >= 0.6 is 0 Å². The van der Waals surface area contributed by atoms with Crippen molar-refractivity contribution >= 4 is 11.6 Å². The summed E-state index contributed by atoms with van der Waals surface area (Å²) in [7, 11) is 0. The summed E-state index contributed by atoms with van der Waals surface area (Å²) < 4.78 is 35.7. The summed E-state index contributed by atoms with van der Waals surface area (Å²) in [4.78, 5) is 15.5. The van der Waals surface area contributed by atoms with Gasteiger partial charge in [0.15, 0.2) is 0 Å². The molecule has 1 unspecified atom stereocenters. The van der Waals surface area contributed by atoms with E-state index in [1.165, 1.54) is 0 Å². The number of rotatable bonds is 5. The number of hydrogen-bond acceptors (Lipinski definition) is 3. The Labute approximate surface area is 121 Å². The number of pyridine rings is 1. The van der Waals surface area contributed by atoms with Crippen LogP contribution in [0.3, 0.4) is 0 Å². The highest BCUT2D eigenvalue weighted by Crippen LogP contribution is 2.15. The third-order valence-corrected chi connectivity index (χ3v) is 2.51. The van der Waals surface area contributed by atoms with Gasteiger partial charge in [-0.2, -0.15) is 13.2 Å². The number of carbonyl (C=O) groups is 1. The van der Waals surface area contributed by atoms with Crippen molar-refractivity contribution in [3.8, 4) is 0 Å². The number of halogens is 3. The number of alkyl halides is 3. The van der Waals surface area contributed by atoms with Crippen LogP contribution in [0.1, 0.15) is 18.3 Å². The molecule has 0 bridgehead atoms. The fraction of sp³-hybridized carbons (Fsp3) is 0.429. The second-order valence-corrected chi connectivity index (χ2v) is 4.80. The molecule has 0 saturated heterocycles. The van der Waals surface area contributed by atoms with Crippen LogP contribution in [-0.2, 0) is 4.79 Å². The Balaban J connectivity index is 2.45. The lowest BCUT2D eigenvalue weighted by Crippen LogP contribution is -2.36. The molecule has 0 saturated carbocycles.